The zero-order valence-electron chi connectivity index (χ0n) is 13.5. The Morgan fingerprint density at radius 1 is 1.26 bits per heavy atom. The number of likely N-dealkylation sites (tertiary alicyclic amines) is 1. The van der Waals surface area contributed by atoms with Gasteiger partial charge >= 0.3 is 0 Å². The van der Waals surface area contributed by atoms with Gasteiger partial charge in [0.25, 0.3) is 0 Å². The Morgan fingerprint density at radius 3 is 2.61 bits per heavy atom. The highest BCUT2D eigenvalue weighted by Crippen LogP contribution is 2.35. The number of hydrogen-bond donors (Lipinski definition) is 0. The lowest BCUT2D eigenvalue weighted by Crippen LogP contribution is -2.38. The molecule has 0 saturated carbocycles. The van der Waals surface area contributed by atoms with Crippen LogP contribution in [-0.2, 0) is 9.84 Å². The van der Waals surface area contributed by atoms with E-state index in [1.165, 1.54) is 12.1 Å². The first kappa shape index (κ1) is 16.7. The lowest BCUT2D eigenvalue weighted by atomic mass is 10.00. The maximum absolute atomic E-state index is 12.8. The van der Waals surface area contributed by atoms with Crippen molar-refractivity contribution < 1.29 is 17.5 Å². The molecule has 2 aliphatic rings. The fraction of sp³-hybridized carbons (Fsp3) is 0.625. The van der Waals surface area contributed by atoms with Gasteiger partial charge in [-0.2, -0.15) is 0 Å². The third-order valence-corrected chi connectivity index (χ3v) is 7.12. The molecule has 0 unspecified atom stereocenters. The van der Waals surface area contributed by atoms with Crippen LogP contribution in [0.3, 0.4) is 0 Å². The number of hydrogen-bond acceptors (Lipinski definition) is 5. The summed E-state index contributed by atoms with van der Waals surface area (Å²) in [6.45, 7) is 2.53. The van der Waals surface area contributed by atoms with E-state index >= 15 is 0 Å². The molecule has 0 amide bonds. The Morgan fingerprint density at radius 2 is 1.96 bits per heavy atom. The molecule has 0 radical (unpaired) electrons. The molecule has 0 bridgehead atoms. The molecular weight excluding hydrogens is 319 g/mol. The van der Waals surface area contributed by atoms with E-state index in [0.29, 0.717) is 25.4 Å². The molecule has 3 atom stereocenters. The summed E-state index contributed by atoms with van der Waals surface area (Å²) in [5.74, 6) is 0.796. The third kappa shape index (κ3) is 3.51. The smallest absolute Gasteiger partial charge is 0.156 e. The largest absolute Gasteiger partial charge is 0.492 e. The fourth-order valence-corrected chi connectivity index (χ4v) is 6.16. The average Bonchev–Trinajstić information content (AvgIpc) is 3.00. The highest BCUT2D eigenvalue weighted by Gasteiger charge is 2.52. The van der Waals surface area contributed by atoms with E-state index in [-0.39, 0.29) is 28.8 Å². The summed E-state index contributed by atoms with van der Waals surface area (Å²) in [6, 6.07) is 6.03. The van der Waals surface area contributed by atoms with Gasteiger partial charge in [-0.05, 0) is 38.4 Å². The van der Waals surface area contributed by atoms with Gasteiger partial charge in [0, 0.05) is 31.6 Å². The molecule has 2 heterocycles. The molecule has 5 nitrogen and oxygen atoms in total. The number of rotatable bonds is 5. The van der Waals surface area contributed by atoms with Gasteiger partial charge in [-0.15, -0.1) is 0 Å². The molecule has 0 aromatic heterocycles. The van der Waals surface area contributed by atoms with Crippen molar-refractivity contribution >= 4 is 9.84 Å². The second-order valence-corrected chi connectivity index (χ2v) is 8.89. The van der Waals surface area contributed by atoms with Crippen LogP contribution in [0, 0.1) is 11.7 Å². The summed E-state index contributed by atoms with van der Waals surface area (Å²) >= 11 is 0. The van der Waals surface area contributed by atoms with Crippen LogP contribution in [0.5, 0.6) is 5.75 Å². The van der Waals surface area contributed by atoms with Gasteiger partial charge < -0.3 is 9.64 Å². The van der Waals surface area contributed by atoms with Crippen molar-refractivity contribution in [3.8, 4) is 5.75 Å². The minimum atomic E-state index is -3.00. The van der Waals surface area contributed by atoms with Gasteiger partial charge in [0.2, 0.25) is 0 Å². The molecule has 2 aliphatic heterocycles. The lowest BCUT2D eigenvalue weighted by molar-refractivity contribution is 0.207. The minimum absolute atomic E-state index is 0.105. The van der Waals surface area contributed by atoms with Crippen LogP contribution in [0.15, 0.2) is 24.3 Å². The molecule has 2 fully saturated rings. The SMILES string of the molecule is CN(C)[C@@H]1CS(=O)(=O)[C@H]2CN(CCOc3ccc(F)cc3)C[C@@H]12. The number of sulfone groups is 1. The second kappa shape index (κ2) is 6.37. The van der Waals surface area contributed by atoms with Gasteiger partial charge in [-0.3, -0.25) is 4.90 Å². The molecule has 7 heteroatoms. The molecular formula is C16H23FN2O3S. The van der Waals surface area contributed by atoms with Crippen LogP contribution in [0.25, 0.3) is 0 Å². The highest BCUT2D eigenvalue weighted by atomic mass is 32.2. The summed E-state index contributed by atoms with van der Waals surface area (Å²) < 4.78 is 43.1. The molecule has 128 valence electrons. The topological polar surface area (TPSA) is 49.9 Å². The van der Waals surface area contributed by atoms with Gasteiger partial charge in [-0.25, -0.2) is 12.8 Å². The van der Waals surface area contributed by atoms with Gasteiger partial charge in [0.15, 0.2) is 9.84 Å². The van der Waals surface area contributed by atoms with E-state index in [1.807, 2.05) is 19.0 Å². The Balaban J connectivity index is 1.54. The Labute approximate surface area is 136 Å². The lowest BCUT2D eigenvalue weighted by Gasteiger charge is -2.25. The first-order valence-corrected chi connectivity index (χ1v) is 9.57. The van der Waals surface area contributed by atoms with E-state index in [1.54, 1.807) is 12.1 Å². The molecule has 2 saturated heterocycles. The maximum Gasteiger partial charge on any atom is 0.156 e. The number of halogens is 1. The van der Waals surface area contributed by atoms with Crippen molar-refractivity contribution in [1.29, 1.82) is 0 Å². The Kier molecular flexibility index (Phi) is 4.62. The quantitative estimate of drug-likeness (QED) is 0.795. The Hall–Kier alpha value is -1.18. The molecule has 23 heavy (non-hydrogen) atoms. The van der Waals surface area contributed by atoms with Gasteiger partial charge in [0.05, 0.1) is 11.0 Å². The van der Waals surface area contributed by atoms with E-state index in [9.17, 15) is 12.8 Å². The summed E-state index contributed by atoms with van der Waals surface area (Å²) in [6.07, 6.45) is 0. The van der Waals surface area contributed by atoms with Crippen LogP contribution < -0.4 is 4.74 Å². The number of fused-ring (bicyclic) bond motifs is 1. The summed E-state index contributed by atoms with van der Waals surface area (Å²) in [4.78, 5) is 4.19. The third-order valence-electron chi connectivity index (χ3n) is 4.90. The Bertz CT molecular complexity index is 648. The van der Waals surface area contributed by atoms with Crippen molar-refractivity contribution in [2.75, 3.05) is 46.1 Å². The average molecular weight is 342 g/mol. The molecule has 0 aliphatic carbocycles. The predicted molar refractivity (Wildman–Crippen MR) is 86.9 cm³/mol. The van der Waals surface area contributed by atoms with Crippen LogP contribution in [0.4, 0.5) is 4.39 Å². The summed E-state index contributed by atoms with van der Waals surface area (Å²) in [5, 5.41) is -0.249. The standard InChI is InChI=1S/C16H23FN2O3S/c1-18(2)15-11-23(20,21)16-10-19(9-14(15)16)7-8-22-13-5-3-12(17)4-6-13/h3-6,14-16H,7-11H2,1-2H3/t14-,15+,16-/m0/s1. The van der Waals surface area contributed by atoms with Crippen molar-refractivity contribution in [3.63, 3.8) is 0 Å². The van der Waals surface area contributed by atoms with Crippen LogP contribution >= 0.6 is 0 Å². The first-order valence-electron chi connectivity index (χ1n) is 7.85. The number of nitrogens with zero attached hydrogens (tertiary/aromatic N) is 2. The van der Waals surface area contributed by atoms with Crippen LogP contribution in [0.1, 0.15) is 0 Å². The fourth-order valence-electron chi connectivity index (χ4n) is 3.65. The second-order valence-electron chi connectivity index (χ2n) is 6.62. The zero-order chi connectivity index (χ0) is 16.6. The summed E-state index contributed by atoms with van der Waals surface area (Å²) in [7, 11) is 0.896. The molecule has 1 aromatic rings. The maximum atomic E-state index is 12.8. The predicted octanol–water partition coefficient (Wildman–Crippen LogP) is 0.863. The van der Waals surface area contributed by atoms with E-state index in [0.717, 1.165) is 6.54 Å². The highest BCUT2D eigenvalue weighted by molar-refractivity contribution is 7.92. The van der Waals surface area contributed by atoms with Crippen LogP contribution in [-0.4, -0.2) is 75.6 Å². The molecule has 0 N–H and O–H groups in total. The van der Waals surface area contributed by atoms with E-state index < -0.39 is 9.84 Å². The van der Waals surface area contributed by atoms with Crippen LogP contribution in [0.2, 0.25) is 0 Å². The van der Waals surface area contributed by atoms with E-state index in [4.69, 9.17) is 4.74 Å². The first-order chi connectivity index (χ1) is 10.9. The molecule has 0 spiro atoms. The molecule has 1 aromatic carbocycles. The van der Waals surface area contributed by atoms with Crippen molar-refractivity contribution in [2.45, 2.75) is 11.3 Å². The van der Waals surface area contributed by atoms with E-state index in [2.05, 4.69) is 4.90 Å². The van der Waals surface area contributed by atoms with Crippen molar-refractivity contribution in [1.82, 2.24) is 9.80 Å². The van der Waals surface area contributed by atoms with Gasteiger partial charge in [0.1, 0.15) is 18.2 Å². The minimum Gasteiger partial charge on any atom is -0.492 e. The summed E-state index contributed by atoms with van der Waals surface area (Å²) in [5.41, 5.74) is 0. The van der Waals surface area contributed by atoms with Gasteiger partial charge in [-0.1, -0.05) is 0 Å². The molecule has 3 rings (SSSR count). The van der Waals surface area contributed by atoms with Crippen molar-refractivity contribution in [3.05, 3.63) is 30.1 Å². The normalized spacial score (nSPS) is 29.8. The number of ether oxygens (including phenoxy) is 1. The number of benzene rings is 1. The zero-order valence-corrected chi connectivity index (χ0v) is 14.3. The van der Waals surface area contributed by atoms with Crippen molar-refractivity contribution in [2.24, 2.45) is 5.92 Å². The monoisotopic (exact) mass is 342 g/mol.